The second-order valence-corrected chi connectivity index (χ2v) is 6.63. The predicted molar refractivity (Wildman–Crippen MR) is 79.9 cm³/mol. The summed E-state index contributed by atoms with van der Waals surface area (Å²) in [7, 11) is 1.59. The molecule has 5 nitrogen and oxygen atoms in total. The number of rotatable bonds is 4. The van der Waals surface area contributed by atoms with Gasteiger partial charge in [-0.05, 0) is 38.1 Å². The van der Waals surface area contributed by atoms with Crippen molar-refractivity contribution in [2.24, 2.45) is 0 Å². The van der Waals surface area contributed by atoms with Crippen molar-refractivity contribution in [3.63, 3.8) is 0 Å². The number of hydrogen-bond acceptors (Lipinski definition) is 4. The monoisotopic (exact) mass is 294 g/mol. The Morgan fingerprint density at radius 3 is 2.65 bits per heavy atom. The molecule has 0 spiro atoms. The molecular formula is C14H18N2O3S. The fourth-order valence-electron chi connectivity index (χ4n) is 2.12. The van der Waals surface area contributed by atoms with Crippen LogP contribution in [0.25, 0.3) is 0 Å². The van der Waals surface area contributed by atoms with Crippen LogP contribution in [0.2, 0.25) is 0 Å². The Bertz CT molecular complexity index is 502. The Labute approximate surface area is 122 Å². The number of carbonyl (C=O) groups is 2. The quantitative estimate of drug-likeness (QED) is 0.862. The molecule has 1 aromatic carbocycles. The summed E-state index contributed by atoms with van der Waals surface area (Å²) in [5, 5.41) is 2.83. The first kappa shape index (κ1) is 14.7. The SMILES string of the molecule is COc1ccc(NC(=O)[C@@H]2CSC(C)(C)N2C=O)cc1. The molecule has 20 heavy (non-hydrogen) atoms. The van der Waals surface area contributed by atoms with Crippen molar-refractivity contribution in [1.82, 2.24) is 4.90 Å². The summed E-state index contributed by atoms with van der Waals surface area (Å²) in [6, 6.07) is 6.67. The molecule has 0 unspecified atom stereocenters. The van der Waals surface area contributed by atoms with E-state index in [-0.39, 0.29) is 10.8 Å². The van der Waals surface area contributed by atoms with Crippen LogP contribution in [0, 0.1) is 0 Å². The van der Waals surface area contributed by atoms with E-state index in [9.17, 15) is 9.59 Å². The molecule has 1 aliphatic heterocycles. The molecule has 2 amide bonds. The maximum absolute atomic E-state index is 12.3. The number of anilines is 1. The molecule has 0 aliphatic carbocycles. The van der Waals surface area contributed by atoms with E-state index in [1.54, 1.807) is 48.0 Å². The lowest BCUT2D eigenvalue weighted by molar-refractivity contribution is -0.130. The number of ether oxygens (including phenoxy) is 1. The molecule has 0 radical (unpaired) electrons. The van der Waals surface area contributed by atoms with Crippen molar-refractivity contribution in [3.05, 3.63) is 24.3 Å². The predicted octanol–water partition coefficient (Wildman–Crippen LogP) is 1.94. The number of amides is 2. The number of nitrogens with zero attached hydrogens (tertiary/aromatic N) is 1. The van der Waals surface area contributed by atoms with E-state index >= 15 is 0 Å². The average molecular weight is 294 g/mol. The second kappa shape index (κ2) is 5.75. The van der Waals surface area contributed by atoms with Crippen molar-refractivity contribution in [2.75, 3.05) is 18.2 Å². The highest BCUT2D eigenvalue weighted by molar-refractivity contribution is 8.00. The van der Waals surface area contributed by atoms with Crippen LogP contribution < -0.4 is 10.1 Å². The number of hydrogen-bond donors (Lipinski definition) is 1. The summed E-state index contributed by atoms with van der Waals surface area (Å²) in [6.45, 7) is 3.87. The van der Waals surface area contributed by atoms with Crippen LogP contribution in [0.3, 0.4) is 0 Å². The van der Waals surface area contributed by atoms with Crippen molar-refractivity contribution in [1.29, 1.82) is 0 Å². The van der Waals surface area contributed by atoms with Gasteiger partial charge in [-0.2, -0.15) is 0 Å². The molecule has 1 atom stereocenters. The number of carbonyl (C=O) groups excluding carboxylic acids is 2. The molecular weight excluding hydrogens is 276 g/mol. The summed E-state index contributed by atoms with van der Waals surface area (Å²) < 4.78 is 5.07. The molecule has 1 heterocycles. The van der Waals surface area contributed by atoms with Crippen LogP contribution in [-0.2, 0) is 9.59 Å². The second-order valence-electron chi connectivity index (χ2n) is 5.00. The topological polar surface area (TPSA) is 58.6 Å². The van der Waals surface area contributed by atoms with Gasteiger partial charge >= 0.3 is 0 Å². The van der Waals surface area contributed by atoms with Crippen LogP contribution in [0.15, 0.2) is 24.3 Å². The van der Waals surface area contributed by atoms with Crippen LogP contribution in [0.1, 0.15) is 13.8 Å². The molecule has 1 saturated heterocycles. The van der Waals surface area contributed by atoms with Gasteiger partial charge in [0.25, 0.3) is 0 Å². The summed E-state index contributed by atoms with van der Waals surface area (Å²) >= 11 is 1.60. The number of thioether (sulfide) groups is 1. The molecule has 1 N–H and O–H groups in total. The lowest BCUT2D eigenvalue weighted by atomic mass is 10.2. The normalized spacial score (nSPS) is 20.6. The minimum Gasteiger partial charge on any atom is -0.497 e. The van der Waals surface area contributed by atoms with Gasteiger partial charge in [-0.25, -0.2) is 0 Å². The van der Waals surface area contributed by atoms with Gasteiger partial charge in [0.05, 0.1) is 12.0 Å². The smallest absolute Gasteiger partial charge is 0.248 e. The van der Waals surface area contributed by atoms with Gasteiger partial charge in [0.15, 0.2) is 0 Å². The van der Waals surface area contributed by atoms with Crippen LogP contribution in [-0.4, -0.2) is 41.0 Å². The molecule has 2 rings (SSSR count). The first-order chi connectivity index (χ1) is 9.47. The molecule has 0 saturated carbocycles. The van der Waals surface area contributed by atoms with E-state index in [0.717, 1.165) is 12.2 Å². The first-order valence-electron chi connectivity index (χ1n) is 6.30. The zero-order valence-electron chi connectivity index (χ0n) is 11.8. The molecule has 0 bridgehead atoms. The lowest BCUT2D eigenvalue weighted by Crippen LogP contribution is -2.47. The Hall–Kier alpha value is -1.69. The fourth-order valence-corrected chi connectivity index (χ4v) is 3.31. The Morgan fingerprint density at radius 1 is 1.45 bits per heavy atom. The van der Waals surface area contributed by atoms with Gasteiger partial charge < -0.3 is 15.0 Å². The zero-order valence-corrected chi connectivity index (χ0v) is 12.6. The Morgan fingerprint density at radius 2 is 2.10 bits per heavy atom. The zero-order chi connectivity index (χ0) is 14.8. The molecule has 1 aromatic rings. The highest BCUT2D eigenvalue weighted by atomic mass is 32.2. The standard InChI is InChI=1S/C14H18N2O3S/c1-14(2)16(9-17)12(8-20-14)13(18)15-10-4-6-11(19-3)7-5-10/h4-7,9,12H,8H2,1-3H3,(H,15,18)/t12-/m0/s1. The van der Waals surface area contributed by atoms with Crippen molar-refractivity contribution >= 4 is 29.8 Å². The average Bonchev–Trinajstić information content (AvgIpc) is 2.74. The fraction of sp³-hybridized carbons (Fsp3) is 0.429. The van der Waals surface area contributed by atoms with Gasteiger partial charge in [-0.15, -0.1) is 11.8 Å². The van der Waals surface area contributed by atoms with Gasteiger partial charge in [-0.3, -0.25) is 9.59 Å². The van der Waals surface area contributed by atoms with E-state index in [1.165, 1.54) is 0 Å². The highest BCUT2D eigenvalue weighted by Crippen LogP contribution is 2.37. The van der Waals surface area contributed by atoms with Gasteiger partial charge in [0.2, 0.25) is 12.3 Å². The van der Waals surface area contributed by atoms with Crippen LogP contribution in [0.5, 0.6) is 5.75 Å². The van der Waals surface area contributed by atoms with Gasteiger partial charge in [0.1, 0.15) is 11.8 Å². The molecule has 1 fully saturated rings. The van der Waals surface area contributed by atoms with Crippen LogP contribution >= 0.6 is 11.8 Å². The number of benzene rings is 1. The molecule has 6 heteroatoms. The summed E-state index contributed by atoms with van der Waals surface area (Å²) in [6.07, 6.45) is 0.748. The van der Waals surface area contributed by atoms with Crippen molar-refractivity contribution in [3.8, 4) is 5.75 Å². The Kier molecular flexibility index (Phi) is 4.23. The number of methoxy groups -OCH3 is 1. The summed E-state index contributed by atoms with van der Waals surface area (Å²) in [5.74, 6) is 1.17. The summed E-state index contributed by atoms with van der Waals surface area (Å²) in [4.78, 5) is 24.7. The van der Waals surface area contributed by atoms with E-state index in [0.29, 0.717) is 11.4 Å². The largest absolute Gasteiger partial charge is 0.497 e. The van der Waals surface area contributed by atoms with E-state index in [4.69, 9.17) is 4.74 Å². The maximum Gasteiger partial charge on any atom is 0.248 e. The van der Waals surface area contributed by atoms with E-state index in [1.807, 2.05) is 13.8 Å². The molecule has 0 aromatic heterocycles. The summed E-state index contributed by atoms with van der Waals surface area (Å²) in [5.41, 5.74) is 0.691. The van der Waals surface area contributed by atoms with E-state index in [2.05, 4.69) is 5.32 Å². The minimum atomic E-state index is -0.436. The minimum absolute atomic E-state index is 0.166. The van der Waals surface area contributed by atoms with Crippen LogP contribution in [0.4, 0.5) is 5.69 Å². The maximum atomic E-state index is 12.3. The van der Waals surface area contributed by atoms with Gasteiger partial charge in [0, 0.05) is 11.4 Å². The first-order valence-corrected chi connectivity index (χ1v) is 7.29. The van der Waals surface area contributed by atoms with E-state index < -0.39 is 6.04 Å². The molecule has 1 aliphatic rings. The Balaban J connectivity index is 2.06. The third kappa shape index (κ3) is 2.90. The lowest BCUT2D eigenvalue weighted by Gasteiger charge is -2.30. The highest BCUT2D eigenvalue weighted by Gasteiger charge is 2.42. The van der Waals surface area contributed by atoms with Gasteiger partial charge in [-0.1, -0.05) is 0 Å². The van der Waals surface area contributed by atoms with Crippen molar-refractivity contribution in [2.45, 2.75) is 24.8 Å². The van der Waals surface area contributed by atoms with Crippen molar-refractivity contribution < 1.29 is 14.3 Å². The molecule has 108 valence electrons. The third-order valence-corrected chi connectivity index (χ3v) is 4.73. The third-order valence-electron chi connectivity index (χ3n) is 3.33. The number of nitrogens with one attached hydrogen (secondary N) is 1.